The van der Waals surface area contributed by atoms with E-state index in [1.807, 2.05) is 0 Å². The van der Waals surface area contributed by atoms with E-state index < -0.39 is 0 Å². The van der Waals surface area contributed by atoms with Crippen LogP contribution in [0.3, 0.4) is 0 Å². The quantitative estimate of drug-likeness (QED) is 0.911. The summed E-state index contributed by atoms with van der Waals surface area (Å²) in [5.41, 5.74) is 4.22. The molecule has 6 heteroatoms. The lowest BCUT2D eigenvalue weighted by atomic mass is 10.0. The van der Waals surface area contributed by atoms with Crippen LogP contribution in [-0.4, -0.2) is 40.5 Å². The predicted molar refractivity (Wildman–Crippen MR) is 97.0 cm³/mol. The number of aryl methyl sites for hydroxylation is 3. The Bertz CT molecular complexity index is 890. The summed E-state index contributed by atoms with van der Waals surface area (Å²) >= 11 is 0. The molecule has 136 valence electrons. The Labute approximate surface area is 152 Å². The topological polar surface area (TPSA) is 75.3 Å². The molecule has 2 aromatic rings. The van der Waals surface area contributed by atoms with Crippen LogP contribution in [0.1, 0.15) is 40.7 Å². The van der Waals surface area contributed by atoms with Crippen LogP contribution in [0.2, 0.25) is 0 Å². The number of rotatable bonds is 3. The Morgan fingerprint density at radius 1 is 1.31 bits per heavy atom. The molecule has 1 aromatic carbocycles. The van der Waals surface area contributed by atoms with Crippen LogP contribution in [0.5, 0.6) is 0 Å². The number of fused-ring (bicyclic) bond motifs is 1. The third-order valence-corrected chi connectivity index (χ3v) is 5.19. The highest BCUT2D eigenvalue weighted by Crippen LogP contribution is 2.25. The number of ether oxygens (including phenoxy) is 1. The van der Waals surface area contributed by atoms with E-state index >= 15 is 0 Å². The molecule has 1 atom stereocenters. The number of carbonyl (C=O) groups is 1. The largest absolute Gasteiger partial charge is 0.377 e. The van der Waals surface area contributed by atoms with Crippen molar-refractivity contribution in [3.8, 4) is 0 Å². The highest BCUT2D eigenvalue weighted by molar-refractivity contribution is 5.79. The standard InChI is InChI=1S/C20H23N3O3/c1-13-21-17(11-19(24)22-13)18-12-26-8-7-23(18)20(25)10-14-5-6-15-3-2-4-16(15)9-14/h5-6,9,11,18H,2-4,7-8,10,12H2,1H3,(H,21,22,24)/t18-/m0/s1. The van der Waals surface area contributed by atoms with Crippen LogP contribution in [0.25, 0.3) is 0 Å². The number of hydrogen-bond acceptors (Lipinski definition) is 4. The van der Waals surface area contributed by atoms with Crippen molar-refractivity contribution in [2.45, 2.75) is 38.6 Å². The van der Waals surface area contributed by atoms with Gasteiger partial charge in [-0.2, -0.15) is 0 Å². The summed E-state index contributed by atoms with van der Waals surface area (Å²) < 4.78 is 5.56. The maximum Gasteiger partial charge on any atom is 0.251 e. The van der Waals surface area contributed by atoms with E-state index in [0.717, 1.165) is 18.4 Å². The monoisotopic (exact) mass is 353 g/mol. The first-order chi connectivity index (χ1) is 12.6. The van der Waals surface area contributed by atoms with Gasteiger partial charge in [-0.05, 0) is 42.9 Å². The van der Waals surface area contributed by atoms with Crippen molar-refractivity contribution in [2.75, 3.05) is 19.8 Å². The van der Waals surface area contributed by atoms with Gasteiger partial charge in [0.1, 0.15) is 5.82 Å². The molecular weight excluding hydrogens is 330 g/mol. The van der Waals surface area contributed by atoms with Crippen molar-refractivity contribution in [1.29, 1.82) is 0 Å². The van der Waals surface area contributed by atoms with Crippen molar-refractivity contribution in [2.24, 2.45) is 0 Å². The number of morpholine rings is 1. The van der Waals surface area contributed by atoms with Gasteiger partial charge in [0.2, 0.25) is 5.91 Å². The second-order valence-electron chi connectivity index (χ2n) is 7.07. The van der Waals surface area contributed by atoms with Crippen LogP contribution in [0.4, 0.5) is 0 Å². The van der Waals surface area contributed by atoms with Gasteiger partial charge in [-0.1, -0.05) is 18.2 Å². The van der Waals surface area contributed by atoms with E-state index in [9.17, 15) is 9.59 Å². The van der Waals surface area contributed by atoms with E-state index in [1.165, 1.54) is 23.6 Å². The highest BCUT2D eigenvalue weighted by Gasteiger charge is 2.30. The van der Waals surface area contributed by atoms with Gasteiger partial charge < -0.3 is 14.6 Å². The van der Waals surface area contributed by atoms with Crippen molar-refractivity contribution in [3.63, 3.8) is 0 Å². The molecule has 1 amide bonds. The molecule has 1 aliphatic carbocycles. The molecule has 1 saturated heterocycles. The fraction of sp³-hybridized carbons (Fsp3) is 0.450. The van der Waals surface area contributed by atoms with E-state index in [4.69, 9.17) is 4.74 Å². The van der Waals surface area contributed by atoms with Gasteiger partial charge in [0.15, 0.2) is 0 Å². The third-order valence-electron chi connectivity index (χ3n) is 5.19. The van der Waals surface area contributed by atoms with Gasteiger partial charge in [0.25, 0.3) is 5.56 Å². The zero-order valence-corrected chi connectivity index (χ0v) is 15.0. The number of carbonyl (C=O) groups excluding carboxylic acids is 1. The molecule has 0 unspecified atom stereocenters. The number of amides is 1. The average Bonchev–Trinajstić information content (AvgIpc) is 3.08. The Hall–Kier alpha value is -2.47. The summed E-state index contributed by atoms with van der Waals surface area (Å²) in [7, 11) is 0. The minimum atomic E-state index is -0.313. The van der Waals surface area contributed by atoms with Crippen LogP contribution in [0, 0.1) is 6.92 Å². The van der Waals surface area contributed by atoms with Crippen LogP contribution in [-0.2, 0) is 28.8 Å². The molecule has 1 N–H and O–H groups in total. The van der Waals surface area contributed by atoms with Crippen molar-refractivity contribution >= 4 is 5.91 Å². The molecule has 0 spiro atoms. The zero-order chi connectivity index (χ0) is 18.1. The molecule has 0 saturated carbocycles. The molecule has 1 aromatic heterocycles. The van der Waals surface area contributed by atoms with Gasteiger partial charge in [-0.3, -0.25) is 9.59 Å². The lowest BCUT2D eigenvalue weighted by molar-refractivity contribution is -0.139. The second-order valence-corrected chi connectivity index (χ2v) is 7.07. The SMILES string of the molecule is Cc1nc([C@@H]2COCCN2C(=O)Cc2ccc3c(c2)CCC3)cc(=O)[nH]1. The Morgan fingerprint density at radius 2 is 2.15 bits per heavy atom. The number of nitrogens with one attached hydrogen (secondary N) is 1. The first-order valence-corrected chi connectivity index (χ1v) is 9.16. The summed E-state index contributed by atoms with van der Waals surface area (Å²) in [6, 6.07) is 7.54. The minimum Gasteiger partial charge on any atom is -0.377 e. The van der Waals surface area contributed by atoms with Gasteiger partial charge in [-0.15, -0.1) is 0 Å². The first kappa shape index (κ1) is 17.0. The predicted octanol–water partition coefficient (Wildman–Crippen LogP) is 1.71. The molecule has 1 fully saturated rings. The molecule has 1 aliphatic heterocycles. The van der Waals surface area contributed by atoms with E-state index in [2.05, 4.69) is 28.2 Å². The molecule has 0 radical (unpaired) electrons. The molecule has 4 rings (SSSR count). The van der Waals surface area contributed by atoms with Crippen molar-refractivity contribution < 1.29 is 9.53 Å². The summed E-state index contributed by atoms with van der Waals surface area (Å²) in [5, 5.41) is 0. The van der Waals surface area contributed by atoms with E-state index in [0.29, 0.717) is 37.7 Å². The van der Waals surface area contributed by atoms with E-state index in [1.54, 1.807) is 11.8 Å². The van der Waals surface area contributed by atoms with Crippen LogP contribution >= 0.6 is 0 Å². The normalized spacial score (nSPS) is 19.4. The number of benzene rings is 1. The van der Waals surface area contributed by atoms with Gasteiger partial charge in [-0.25, -0.2) is 4.98 Å². The zero-order valence-electron chi connectivity index (χ0n) is 15.0. The molecule has 2 aliphatic rings. The Balaban J connectivity index is 1.55. The number of aromatic amines is 1. The Kier molecular flexibility index (Phi) is 4.59. The first-order valence-electron chi connectivity index (χ1n) is 9.16. The van der Waals surface area contributed by atoms with Gasteiger partial charge in [0, 0.05) is 12.6 Å². The lowest BCUT2D eigenvalue weighted by Crippen LogP contribution is -2.44. The van der Waals surface area contributed by atoms with Gasteiger partial charge >= 0.3 is 0 Å². The number of H-pyrrole nitrogens is 1. The number of hydrogen-bond donors (Lipinski definition) is 1. The summed E-state index contributed by atoms with van der Waals surface area (Å²) in [6.45, 7) is 3.13. The van der Waals surface area contributed by atoms with Crippen molar-refractivity contribution in [3.05, 3.63) is 62.8 Å². The molecule has 0 bridgehead atoms. The minimum absolute atomic E-state index is 0.0518. The summed E-state index contributed by atoms with van der Waals surface area (Å²) in [5.74, 6) is 0.597. The fourth-order valence-electron chi connectivity index (χ4n) is 3.93. The fourth-order valence-corrected chi connectivity index (χ4v) is 3.93. The van der Waals surface area contributed by atoms with Crippen molar-refractivity contribution in [1.82, 2.24) is 14.9 Å². The molecule has 2 heterocycles. The Morgan fingerprint density at radius 3 is 3.00 bits per heavy atom. The molecule has 6 nitrogen and oxygen atoms in total. The second kappa shape index (κ2) is 7.03. The summed E-state index contributed by atoms with van der Waals surface area (Å²) in [4.78, 5) is 33.6. The van der Waals surface area contributed by atoms with Crippen LogP contribution in [0.15, 0.2) is 29.1 Å². The smallest absolute Gasteiger partial charge is 0.251 e. The molecule has 26 heavy (non-hydrogen) atoms. The maximum atomic E-state index is 13.0. The highest BCUT2D eigenvalue weighted by atomic mass is 16.5. The maximum absolute atomic E-state index is 13.0. The average molecular weight is 353 g/mol. The number of aromatic nitrogens is 2. The summed E-state index contributed by atoms with van der Waals surface area (Å²) in [6.07, 6.45) is 3.81. The number of nitrogens with zero attached hydrogens (tertiary/aromatic N) is 2. The lowest BCUT2D eigenvalue weighted by Gasteiger charge is -2.35. The van der Waals surface area contributed by atoms with Crippen LogP contribution < -0.4 is 5.56 Å². The third kappa shape index (κ3) is 3.42. The molecular formula is C20H23N3O3. The van der Waals surface area contributed by atoms with E-state index in [-0.39, 0.29) is 17.5 Å². The van der Waals surface area contributed by atoms with Gasteiger partial charge in [0.05, 0.1) is 31.4 Å².